The fourth-order valence-electron chi connectivity index (χ4n) is 1.55. The first-order chi connectivity index (χ1) is 7.76. The zero-order valence-corrected chi connectivity index (χ0v) is 8.97. The van der Waals surface area contributed by atoms with Crippen LogP contribution in [-0.4, -0.2) is 28.7 Å². The first kappa shape index (κ1) is 10.6. The first-order valence-electron chi connectivity index (χ1n) is 4.99. The van der Waals surface area contributed by atoms with Crippen molar-refractivity contribution in [3.63, 3.8) is 0 Å². The quantitative estimate of drug-likeness (QED) is 0.799. The number of phenolic OH excluding ortho intramolecular Hbond substituents is 1. The topological polar surface area (TPSA) is 81.3 Å². The summed E-state index contributed by atoms with van der Waals surface area (Å²) in [6.45, 7) is 0.461. The van der Waals surface area contributed by atoms with Crippen molar-refractivity contribution in [2.24, 2.45) is 5.73 Å². The number of phenols is 1. The smallest absolute Gasteiger partial charge is 0.224 e. The average molecular weight is 219 g/mol. The van der Waals surface area contributed by atoms with Gasteiger partial charge in [0.25, 0.3) is 0 Å². The van der Waals surface area contributed by atoms with E-state index in [1.807, 2.05) is 0 Å². The molecule has 0 aliphatic rings. The average Bonchev–Trinajstić information content (AvgIpc) is 2.30. The Labute approximate surface area is 92.9 Å². The zero-order valence-electron chi connectivity index (χ0n) is 8.97. The van der Waals surface area contributed by atoms with Gasteiger partial charge < -0.3 is 15.6 Å². The molecule has 0 fully saturated rings. The predicted octanol–water partition coefficient (Wildman–Crippen LogP) is 0.845. The lowest BCUT2D eigenvalue weighted by atomic mass is 10.2. The number of aromatic hydroxyl groups is 1. The number of nitrogens with two attached hydrogens (primary N) is 1. The normalized spacial score (nSPS) is 10.6. The van der Waals surface area contributed by atoms with Crippen molar-refractivity contribution in [3.8, 4) is 11.6 Å². The van der Waals surface area contributed by atoms with E-state index in [9.17, 15) is 5.11 Å². The van der Waals surface area contributed by atoms with Crippen LogP contribution in [0.15, 0.2) is 18.2 Å². The highest BCUT2D eigenvalue weighted by atomic mass is 16.5. The van der Waals surface area contributed by atoms with Gasteiger partial charge in [0, 0.05) is 6.42 Å². The maximum atomic E-state index is 9.71. The third-order valence-corrected chi connectivity index (χ3v) is 2.28. The number of methoxy groups -OCH3 is 1. The van der Waals surface area contributed by atoms with Crippen LogP contribution in [0.2, 0.25) is 0 Å². The van der Waals surface area contributed by atoms with Crippen molar-refractivity contribution < 1.29 is 9.84 Å². The van der Waals surface area contributed by atoms with Crippen LogP contribution in [0.3, 0.4) is 0 Å². The molecule has 0 radical (unpaired) electrons. The van der Waals surface area contributed by atoms with E-state index in [0.717, 1.165) is 0 Å². The van der Waals surface area contributed by atoms with E-state index in [0.29, 0.717) is 35.6 Å². The minimum atomic E-state index is 0.122. The highest BCUT2D eigenvalue weighted by molar-refractivity contribution is 5.88. The van der Waals surface area contributed by atoms with Gasteiger partial charge in [-0.1, -0.05) is 6.07 Å². The maximum Gasteiger partial charge on any atom is 0.224 e. The summed E-state index contributed by atoms with van der Waals surface area (Å²) < 4.78 is 5.17. The van der Waals surface area contributed by atoms with Crippen molar-refractivity contribution in [1.82, 2.24) is 9.97 Å². The van der Waals surface area contributed by atoms with Crippen LogP contribution in [0.5, 0.6) is 11.6 Å². The van der Waals surface area contributed by atoms with E-state index in [1.54, 1.807) is 18.2 Å². The molecule has 2 rings (SSSR count). The van der Waals surface area contributed by atoms with Crippen molar-refractivity contribution in [3.05, 3.63) is 24.0 Å². The summed E-state index contributed by atoms with van der Waals surface area (Å²) in [6.07, 6.45) is 0.556. The highest BCUT2D eigenvalue weighted by Crippen LogP contribution is 2.28. The molecule has 0 amide bonds. The number of nitrogens with zero attached hydrogens (tertiary/aromatic N) is 2. The summed E-state index contributed by atoms with van der Waals surface area (Å²) in [5.41, 5.74) is 5.95. The number of para-hydroxylation sites is 1. The molecule has 3 N–H and O–H groups in total. The van der Waals surface area contributed by atoms with Gasteiger partial charge in [0.2, 0.25) is 5.88 Å². The molecule has 1 aromatic carbocycles. The standard InChI is InChI=1S/C11H13N3O2/c1-16-11-7-3-2-4-8(15)10(7)13-9(14-11)5-6-12/h2-4,15H,5-6,12H2,1H3. The molecule has 2 aromatic rings. The van der Waals surface area contributed by atoms with Crippen molar-refractivity contribution in [2.45, 2.75) is 6.42 Å². The third-order valence-electron chi connectivity index (χ3n) is 2.28. The fraction of sp³-hybridized carbons (Fsp3) is 0.273. The lowest BCUT2D eigenvalue weighted by Gasteiger charge is -2.07. The van der Waals surface area contributed by atoms with Crippen LogP contribution < -0.4 is 10.5 Å². The third kappa shape index (κ3) is 1.77. The van der Waals surface area contributed by atoms with E-state index in [-0.39, 0.29) is 5.75 Å². The van der Waals surface area contributed by atoms with Gasteiger partial charge in [0.1, 0.15) is 17.1 Å². The number of hydrogen-bond donors (Lipinski definition) is 2. The number of ether oxygens (including phenoxy) is 1. The van der Waals surface area contributed by atoms with Gasteiger partial charge in [-0.3, -0.25) is 0 Å². The Morgan fingerprint density at radius 1 is 1.38 bits per heavy atom. The Hall–Kier alpha value is -1.88. The maximum absolute atomic E-state index is 9.71. The second-order valence-corrected chi connectivity index (χ2v) is 3.36. The van der Waals surface area contributed by atoms with Gasteiger partial charge >= 0.3 is 0 Å². The van der Waals surface area contributed by atoms with Crippen LogP contribution in [0.4, 0.5) is 0 Å². The van der Waals surface area contributed by atoms with E-state index in [1.165, 1.54) is 7.11 Å². The minimum Gasteiger partial charge on any atom is -0.506 e. The van der Waals surface area contributed by atoms with E-state index in [4.69, 9.17) is 10.5 Å². The summed E-state index contributed by atoms with van der Waals surface area (Å²) in [4.78, 5) is 8.48. The molecule has 0 unspecified atom stereocenters. The molecule has 0 aliphatic carbocycles. The molecule has 84 valence electrons. The van der Waals surface area contributed by atoms with Gasteiger partial charge in [-0.15, -0.1) is 0 Å². The molecule has 5 heteroatoms. The van der Waals surface area contributed by atoms with Gasteiger partial charge in [-0.05, 0) is 18.7 Å². The second-order valence-electron chi connectivity index (χ2n) is 3.36. The van der Waals surface area contributed by atoms with E-state index < -0.39 is 0 Å². The molecule has 16 heavy (non-hydrogen) atoms. The molecule has 0 bridgehead atoms. The van der Waals surface area contributed by atoms with Crippen molar-refractivity contribution in [2.75, 3.05) is 13.7 Å². The highest BCUT2D eigenvalue weighted by Gasteiger charge is 2.10. The lowest BCUT2D eigenvalue weighted by molar-refractivity contribution is 0.400. The first-order valence-corrected chi connectivity index (χ1v) is 4.99. The van der Waals surface area contributed by atoms with E-state index in [2.05, 4.69) is 9.97 Å². The summed E-state index contributed by atoms with van der Waals surface area (Å²) in [6, 6.07) is 5.12. The molecule has 0 spiro atoms. The van der Waals surface area contributed by atoms with Gasteiger partial charge in [0.05, 0.1) is 12.5 Å². The Bertz CT molecular complexity index is 514. The SMILES string of the molecule is COc1nc(CCN)nc2c(O)cccc12. The Kier molecular flexibility index (Phi) is 2.87. The lowest BCUT2D eigenvalue weighted by Crippen LogP contribution is -2.07. The molecule has 1 heterocycles. The fourth-order valence-corrected chi connectivity index (χ4v) is 1.55. The number of benzene rings is 1. The predicted molar refractivity (Wildman–Crippen MR) is 60.5 cm³/mol. The number of fused-ring (bicyclic) bond motifs is 1. The summed E-state index contributed by atoms with van der Waals surface area (Å²) in [5.74, 6) is 1.16. The number of hydrogen-bond acceptors (Lipinski definition) is 5. The largest absolute Gasteiger partial charge is 0.506 e. The molecule has 1 aromatic heterocycles. The second kappa shape index (κ2) is 4.32. The molecule has 5 nitrogen and oxygen atoms in total. The number of rotatable bonds is 3. The van der Waals surface area contributed by atoms with E-state index >= 15 is 0 Å². The monoisotopic (exact) mass is 219 g/mol. The molecule has 0 aliphatic heterocycles. The molecule has 0 saturated heterocycles. The van der Waals surface area contributed by atoms with Crippen LogP contribution in [0.1, 0.15) is 5.82 Å². The summed E-state index contributed by atoms with van der Waals surface area (Å²) in [7, 11) is 1.54. The molecule has 0 saturated carbocycles. The molecular weight excluding hydrogens is 206 g/mol. The van der Waals surface area contributed by atoms with Crippen LogP contribution >= 0.6 is 0 Å². The van der Waals surface area contributed by atoms with Crippen LogP contribution in [-0.2, 0) is 6.42 Å². The summed E-state index contributed by atoms with van der Waals surface area (Å²) in [5, 5.41) is 10.4. The molecular formula is C11H13N3O2. The number of aromatic nitrogens is 2. The van der Waals surface area contributed by atoms with Crippen molar-refractivity contribution >= 4 is 10.9 Å². The Morgan fingerprint density at radius 2 is 2.19 bits per heavy atom. The minimum absolute atomic E-state index is 0.122. The van der Waals surface area contributed by atoms with Crippen molar-refractivity contribution in [1.29, 1.82) is 0 Å². The molecule has 0 atom stereocenters. The zero-order chi connectivity index (χ0) is 11.5. The summed E-state index contributed by atoms with van der Waals surface area (Å²) >= 11 is 0. The van der Waals surface area contributed by atoms with Crippen LogP contribution in [0.25, 0.3) is 10.9 Å². The Morgan fingerprint density at radius 3 is 2.88 bits per heavy atom. The van der Waals surface area contributed by atoms with Crippen LogP contribution in [0, 0.1) is 0 Å². The van der Waals surface area contributed by atoms with Gasteiger partial charge in [0.15, 0.2) is 0 Å². The van der Waals surface area contributed by atoms with Gasteiger partial charge in [-0.25, -0.2) is 4.98 Å². The van der Waals surface area contributed by atoms with Gasteiger partial charge in [-0.2, -0.15) is 4.98 Å². The Balaban J connectivity index is 2.69.